The molecule has 0 aliphatic rings. The molecule has 2 rings (SSSR count). The third kappa shape index (κ3) is 5.05. The van der Waals surface area contributed by atoms with Crippen molar-refractivity contribution in [1.82, 2.24) is 4.90 Å². The normalized spacial score (nSPS) is 12.3. The largest absolute Gasteiger partial charge is 0.494 e. The molecule has 0 saturated carbocycles. The molecule has 1 atom stereocenters. The topological polar surface area (TPSA) is 41.6 Å². The molecule has 4 nitrogen and oxygen atoms in total. The number of hydrogen-bond acceptors (Lipinski definition) is 3. The highest BCUT2D eigenvalue weighted by Gasteiger charge is 2.19. The van der Waals surface area contributed by atoms with Gasteiger partial charge in [-0.3, -0.25) is 9.69 Å². The molecule has 0 aliphatic carbocycles. The fourth-order valence-corrected chi connectivity index (χ4v) is 2.63. The zero-order valence-electron chi connectivity index (χ0n) is 16.0. The Bertz CT molecular complexity index is 744. The molecule has 5 heteroatoms. The van der Waals surface area contributed by atoms with E-state index in [-0.39, 0.29) is 17.7 Å². The molecule has 1 N–H and O–H groups in total. The van der Waals surface area contributed by atoms with E-state index in [4.69, 9.17) is 4.74 Å². The van der Waals surface area contributed by atoms with Gasteiger partial charge in [0, 0.05) is 12.2 Å². The highest BCUT2D eigenvalue weighted by molar-refractivity contribution is 5.94. The number of carbonyl (C=O) groups excluding carboxylic acids is 1. The van der Waals surface area contributed by atoms with Crippen molar-refractivity contribution in [2.24, 2.45) is 0 Å². The number of nitrogens with one attached hydrogen (secondary N) is 1. The average Bonchev–Trinajstić information content (AvgIpc) is 2.61. The van der Waals surface area contributed by atoms with Gasteiger partial charge in [0.1, 0.15) is 0 Å². The van der Waals surface area contributed by atoms with Crippen LogP contribution < -0.4 is 10.1 Å². The Morgan fingerprint density at radius 1 is 1.15 bits per heavy atom. The lowest BCUT2D eigenvalue weighted by Crippen LogP contribution is -2.39. The Labute approximate surface area is 155 Å². The minimum atomic E-state index is -0.402. The summed E-state index contributed by atoms with van der Waals surface area (Å²) in [5, 5.41) is 2.93. The summed E-state index contributed by atoms with van der Waals surface area (Å²) in [4.78, 5) is 14.4. The molecule has 0 spiro atoms. The van der Waals surface area contributed by atoms with Gasteiger partial charge in [0.25, 0.3) is 0 Å². The molecule has 0 saturated heterocycles. The summed E-state index contributed by atoms with van der Waals surface area (Å²) < 4.78 is 18.7. The van der Waals surface area contributed by atoms with E-state index < -0.39 is 5.82 Å². The van der Waals surface area contributed by atoms with E-state index in [1.54, 1.807) is 12.1 Å². The van der Waals surface area contributed by atoms with Crippen molar-refractivity contribution in [3.63, 3.8) is 0 Å². The monoisotopic (exact) mass is 358 g/mol. The Hall–Kier alpha value is -2.40. The lowest BCUT2D eigenvalue weighted by Gasteiger charge is -2.24. The van der Waals surface area contributed by atoms with E-state index in [9.17, 15) is 9.18 Å². The molecule has 0 heterocycles. The highest BCUT2D eigenvalue weighted by Crippen LogP contribution is 2.20. The predicted molar refractivity (Wildman–Crippen MR) is 103 cm³/mol. The highest BCUT2D eigenvalue weighted by atomic mass is 19.1. The average molecular weight is 358 g/mol. The van der Waals surface area contributed by atoms with Gasteiger partial charge in [0.2, 0.25) is 5.91 Å². The maximum atomic E-state index is 13.8. The molecular formula is C21H27FN2O2. The van der Waals surface area contributed by atoms with Crippen LogP contribution in [0.2, 0.25) is 0 Å². The van der Waals surface area contributed by atoms with Crippen molar-refractivity contribution >= 4 is 11.6 Å². The Kier molecular flexibility index (Phi) is 6.75. The number of carbonyl (C=O) groups is 1. The molecule has 0 aromatic heterocycles. The summed E-state index contributed by atoms with van der Waals surface area (Å²) in [6.45, 7) is 6.55. The van der Waals surface area contributed by atoms with Gasteiger partial charge in [-0.25, -0.2) is 4.39 Å². The van der Waals surface area contributed by atoms with Gasteiger partial charge in [-0.05, 0) is 55.3 Å². The lowest BCUT2D eigenvalue weighted by atomic mass is 10.0. The summed E-state index contributed by atoms with van der Waals surface area (Å²) in [7, 11) is 3.28. The Balaban J connectivity index is 1.97. The number of nitrogens with zero attached hydrogens (tertiary/aromatic N) is 1. The van der Waals surface area contributed by atoms with Gasteiger partial charge in [0.15, 0.2) is 11.6 Å². The molecule has 0 fully saturated rings. The number of hydrogen-bond donors (Lipinski definition) is 1. The summed E-state index contributed by atoms with van der Waals surface area (Å²) in [6.07, 6.45) is 0. The molecular weight excluding hydrogens is 331 g/mol. The number of anilines is 1. The van der Waals surface area contributed by atoms with E-state index in [0.29, 0.717) is 12.5 Å². The van der Waals surface area contributed by atoms with Crippen LogP contribution in [-0.2, 0) is 11.3 Å². The first-order valence-corrected chi connectivity index (χ1v) is 8.75. The summed E-state index contributed by atoms with van der Waals surface area (Å²) in [6, 6.07) is 12.4. The third-order valence-electron chi connectivity index (χ3n) is 4.53. The summed E-state index contributed by atoms with van der Waals surface area (Å²) in [5.41, 5.74) is 2.79. The quantitative estimate of drug-likeness (QED) is 0.797. The molecule has 2 aromatic rings. The molecule has 140 valence electrons. The second kappa shape index (κ2) is 8.81. The summed E-state index contributed by atoms with van der Waals surface area (Å²) >= 11 is 0. The maximum Gasteiger partial charge on any atom is 0.241 e. The van der Waals surface area contributed by atoms with Crippen LogP contribution in [0.25, 0.3) is 0 Å². The zero-order chi connectivity index (χ0) is 19.3. The first kappa shape index (κ1) is 19.9. The van der Waals surface area contributed by atoms with Crippen LogP contribution in [0.1, 0.15) is 37.8 Å². The van der Waals surface area contributed by atoms with Crippen molar-refractivity contribution in [3.05, 3.63) is 59.4 Å². The number of amides is 1. The van der Waals surface area contributed by atoms with Crippen LogP contribution >= 0.6 is 0 Å². The van der Waals surface area contributed by atoms with Crippen LogP contribution in [-0.4, -0.2) is 31.0 Å². The lowest BCUT2D eigenvalue weighted by molar-refractivity contribution is -0.120. The third-order valence-corrected chi connectivity index (χ3v) is 4.53. The fraction of sp³-hybridized carbons (Fsp3) is 0.381. The van der Waals surface area contributed by atoms with Crippen LogP contribution in [0.3, 0.4) is 0 Å². The van der Waals surface area contributed by atoms with E-state index in [1.807, 2.05) is 43.1 Å². The Morgan fingerprint density at radius 2 is 1.81 bits per heavy atom. The van der Waals surface area contributed by atoms with E-state index in [2.05, 4.69) is 19.2 Å². The zero-order valence-corrected chi connectivity index (χ0v) is 16.0. The van der Waals surface area contributed by atoms with Crippen molar-refractivity contribution < 1.29 is 13.9 Å². The van der Waals surface area contributed by atoms with E-state index in [0.717, 1.165) is 11.3 Å². The second-order valence-corrected chi connectivity index (χ2v) is 6.83. The molecule has 0 bridgehead atoms. The van der Waals surface area contributed by atoms with Crippen molar-refractivity contribution in [2.45, 2.75) is 39.3 Å². The minimum absolute atomic E-state index is 0.0984. The summed E-state index contributed by atoms with van der Waals surface area (Å²) in [5.74, 6) is 0.168. The van der Waals surface area contributed by atoms with Crippen molar-refractivity contribution in [1.29, 1.82) is 0 Å². The van der Waals surface area contributed by atoms with E-state index in [1.165, 1.54) is 18.7 Å². The van der Waals surface area contributed by atoms with Crippen LogP contribution in [0, 0.1) is 5.82 Å². The van der Waals surface area contributed by atoms with Gasteiger partial charge in [0.05, 0.1) is 13.2 Å². The molecule has 1 amide bonds. The van der Waals surface area contributed by atoms with Gasteiger partial charge >= 0.3 is 0 Å². The number of ether oxygens (including phenoxy) is 1. The fourth-order valence-electron chi connectivity index (χ4n) is 2.63. The standard InChI is InChI=1S/C21H27FN2O2/c1-14(2)17-7-9-18(10-8-17)23-21(25)15(3)24(4)13-16-6-11-20(26-5)19(22)12-16/h6-12,14-15H,13H2,1-5H3,(H,23,25)/t15-/m0/s1. The van der Waals surface area contributed by atoms with Gasteiger partial charge in [-0.1, -0.05) is 32.0 Å². The molecule has 26 heavy (non-hydrogen) atoms. The SMILES string of the molecule is COc1ccc(CN(C)[C@@H](C)C(=O)Nc2ccc(C(C)C)cc2)cc1F. The number of methoxy groups -OCH3 is 1. The number of benzene rings is 2. The molecule has 0 radical (unpaired) electrons. The van der Waals surface area contributed by atoms with Gasteiger partial charge in [-0.2, -0.15) is 0 Å². The number of rotatable bonds is 7. The molecule has 0 unspecified atom stereocenters. The van der Waals surface area contributed by atoms with E-state index >= 15 is 0 Å². The first-order valence-electron chi connectivity index (χ1n) is 8.75. The van der Waals surface area contributed by atoms with Gasteiger partial charge in [-0.15, -0.1) is 0 Å². The van der Waals surface area contributed by atoms with Crippen molar-refractivity contribution in [3.8, 4) is 5.75 Å². The van der Waals surface area contributed by atoms with Crippen LogP contribution in [0.15, 0.2) is 42.5 Å². The van der Waals surface area contributed by atoms with Crippen molar-refractivity contribution in [2.75, 3.05) is 19.5 Å². The van der Waals surface area contributed by atoms with Crippen LogP contribution in [0.5, 0.6) is 5.75 Å². The van der Waals surface area contributed by atoms with Gasteiger partial charge < -0.3 is 10.1 Å². The Morgan fingerprint density at radius 3 is 2.35 bits per heavy atom. The van der Waals surface area contributed by atoms with Crippen LogP contribution in [0.4, 0.5) is 10.1 Å². The molecule has 2 aromatic carbocycles. The number of halogens is 1. The smallest absolute Gasteiger partial charge is 0.241 e. The predicted octanol–water partition coefficient (Wildman–Crippen LogP) is 4.42. The maximum absolute atomic E-state index is 13.8. The minimum Gasteiger partial charge on any atom is -0.494 e. The second-order valence-electron chi connectivity index (χ2n) is 6.83. The number of likely N-dealkylation sites (N-methyl/N-ethyl adjacent to an activating group) is 1. The molecule has 0 aliphatic heterocycles. The first-order chi connectivity index (χ1) is 12.3.